The molecule has 112 valence electrons. The Kier molecular flexibility index (Phi) is 5.50. The van der Waals surface area contributed by atoms with Gasteiger partial charge in [0, 0.05) is 6.54 Å². The summed E-state index contributed by atoms with van der Waals surface area (Å²) in [6, 6.07) is 5.08. The largest absolute Gasteiger partial charge is 0.405 e. The van der Waals surface area contributed by atoms with Crippen LogP contribution >= 0.6 is 0 Å². The molecule has 1 amide bonds. The number of halogens is 4. The lowest BCUT2D eigenvalue weighted by Gasteiger charge is -2.24. The minimum atomic E-state index is -4.43. The van der Waals surface area contributed by atoms with Gasteiger partial charge in [-0.15, -0.1) is 0 Å². The zero-order valence-corrected chi connectivity index (χ0v) is 11.2. The van der Waals surface area contributed by atoms with Gasteiger partial charge >= 0.3 is 6.18 Å². The molecule has 0 aliphatic carbocycles. The highest BCUT2D eigenvalue weighted by Gasteiger charge is 2.29. The summed E-state index contributed by atoms with van der Waals surface area (Å²) in [6.45, 7) is 0.396. The average molecular weight is 292 g/mol. The standard InChI is InChI=1S/C13H16F4N2O/c1-9(12(20)18-8-13(15,16)17)19(2)7-10-4-3-5-11(14)6-10/h3-6,9H,7-8H2,1-2H3,(H,18,20). The molecule has 0 aliphatic heterocycles. The van der Waals surface area contributed by atoms with Crippen molar-refractivity contribution in [1.82, 2.24) is 10.2 Å². The van der Waals surface area contributed by atoms with E-state index in [-0.39, 0.29) is 6.54 Å². The van der Waals surface area contributed by atoms with Crippen molar-refractivity contribution in [1.29, 1.82) is 0 Å². The molecule has 0 aromatic heterocycles. The van der Waals surface area contributed by atoms with Crippen LogP contribution in [-0.4, -0.2) is 36.6 Å². The Morgan fingerprint density at radius 2 is 2.05 bits per heavy atom. The third-order valence-electron chi connectivity index (χ3n) is 2.82. The maximum absolute atomic E-state index is 13.0. The first-order valence-corrected chi connectivity index (χ1v) is 5.98. The summed E-state index contributed by atoms with van der Waals surface area (Å²) in [5.41, 5.74) is 0.642. The highest BCUT2D eigenvalue weighted by atomic mass is 19.4. The quantitative estimate of drug-likeness (QED) is 0.845. The average Bonchev–Trinajstić information content (AvgIpc) is 2.34. The lowest BCUT2D eigenvalue weighted by atomic mass is 10.2. The number of nitrogens with zero attached hydrogens (tertiary/aromatic N) is 1. The second kappa shape index (κ2) is 6.69. The monoisotopic (exact) mass is 292 g/mol. The lowest BCUT2D eigenvalue weighted by Crippen LogP contribution is -2.45. The fourth-order valence-corrected chi connectivity index (χ4v) is 1.60. The number of carbonyl (C=O) groups excluding carboxylic acids is 1. The van der Waals surface area contributed by atoms with Crippen LogP contribution < -0.4 is 5.32 Å². The van der Waals surface area contributed by atoms with Gasteiger partial charge in [-0.25, -0.2) is 4.39 Å². The Balaban J connectivity index is 2.54. The summed E-state index contributed by atoms with van der Waals surface area (Å²) < 4.78 is 49.0. The molecule has 0 radical (unpaired) electrons. The topological polar surface area (TPSA) is 32.3 Å². The Morgan fingerprint density at radius 3 is 2.60 bits per heavy atom. The predicted octanol–water partition coefficient (Wildman–Crippen LogP) is 2.32. The summed E-state index contributed by atoms with van der Waals surface area (Å²) in [5.74, 6) is -1.12. The number of hydrogen-bond acceptors (Lipinski definition) is 2. The van der Waals surface area contributed by atoms with Crippen LogP contribution in [0, 0.1) is 5.82 Å². The molecule has 0 saturated heterocycles. The van der Waals surface area contributed by atoms with Crippen molar-refractivity contribution in [3.8, 4) is 0 Å². The first kappa shape index (κ1) is 16.4. The van der Waals surface area contributed by atoms with Gasteiger partial charge in [0.25, 0.3) is 0 Å². The minimum Gasteiger partial charge on any atom is -0.346 e. The van der Waals surface area contributed by atoms with Crippen LogP contribution in [0.3, 0.4) is 0 Å². The Labute approximate surface area is 114 Å². The number of hydrogen-bond donors (Lipinski definition) is 1. The molecule has 7 heteroatoms. The molecular weight excluding hydrogens is 276 g/mol. The van der Waals surface area contributed by atoms with Crippen LogP contribution in [0.2, 0.25) is 0 Å². The number of amides is 1. The molecule has 1 aromatic carbocycles. The molecular formula is C13H16F4N2O. The van der Waals surface area contributed by atoms with E-state index in [9.17, 15) is 22.4 Å². The summed E-state index contributed by atoms with van der Waals surface area (Å²) in [5, 5.41) is 1.82. The van der Waals surface area contributed by atoms with E-state index in [1.54, 1.807) is 18.0 Å². The van der Waals surface area contributed by atoms with Crippen LogP contribution in [-0.2, 0) is 11.3 Å². The van der Waals surface area contributed by atoms with E-state index in [2.05, 4.69) is 0 Å². The molecule has 1 aromatic rings. The molecule has 0 bridgehead atoms. The number of likely N-dealkylation sites (N-methyl/N-ethyl adjacent to an activating group) is 1. The van der Waals surface area contributed by atoms with E-state index in [0.29, 0.717) is 5.56 Å². The molecule has 0 heterocycles. The van der Waals surface area contributed by atoms with Crippen LogP contribution in [0.15, 0.2) is 24.3 Å². The van der Waals surface area contributed by atoms with E-state index in [4.69, 9.17) is 0 Å². The molecule has 1 unspecified atom stereocenters. The van der Waals surface area contributed by atoms with E-state index < -0.39 is 30.5 Å². The number of carbonyl (C=O) groups is 1. The first-order valence-electron chi connectivity index (χ1n) is 5.98. The van der Waals surface area contributed by atoms with Gasteiger partial charge in [0.05, 0.1) is 6.04 Å². The molecule has 0 spiro atoms. The summed E-state index contributed by atoms with van der Waals surface area (Å²) in [4.78, 5) is 13.1. The van der Waals surface area contributed by atoms with Gasteiger partial charge in [-0.3, -0.25) is 9.69 Å². The van der Waals surface area contributed by atoms with Gasteiger partial charge in [-0.05, 0) is 31.7 Å². The van der Waals surface area contributed by atoms with Gasteiger partial charge in [-0.1, -0.05) is 12.1 Å². The molecule has 1 N–H and O–H groups in total. The first-order chi connectivity index (χ1) is 9.19. The van der Waals surface area contributed by atoms with Crippen LogP contribution in [0.1, 0.15) is 12.5 Å². The Hall–Kier alpha value is -1.63. The van der Waals surface area contributed by atoms with E-state index in [0.717, 1.165) is 0 Å². The zero-order valence-electron chi connectivity index (χ0n) is 11.2. The molecule has 1 rings (SSSR count). The fraction of sp³-hybridized carbons (Fsp3) is 0.462. The summed E-state index contributed by atoms with van der Waals surface area (Å²) >= 11 is 0. The van der Waals surface area contributed by atoms with E-state index in [1.165, 1.54) is 25.1 Å². The van der Waals surface area contributed by atoms with Crippen molar-refractivity contribution in [2.24, 2.45) is 0 Å². The predicted molar refractivity (Wildman–Crippen MR) is 66.4 cm³/mol. The van der Waals surface area contributed by atoms with Crippen molar-refractivity contribution in [3.05, 3.63) is 35.6 Å². The third-order valence-corrected chi connectivity index (χ3v) is 2.82. The molecule has 1 atom stereocenters. The zero-order chi connectivity index (χ0) is 15.3. The maximum Gasteiger partial charge on any atom is 0.405 e. The number of nitrogens with one attached hydrogen (secondary N) is 1. The third kappa shape index (κ3) is 5.56. The Bertz CT molecular complexity index is 462. The van der Waals surface area contributed by atoms with Gasteiger partial charge in [-0.2, -0.15) is 13.2 Å². The van der Waals surface area contributed by atoms with E-state index in [1.807, 2.05) is 5.32 Å². The maximum atomic E-state index is 13.0. The minimum absolute atomic E-state index is 0.262. The SMILES string of the molecule is CC(C(=O)NCC(F)(F)F)N(C)Cc1cccc(F)c1. The van der Waals surface area contributed by atoms with Crippen molar-refractivity contribution in [3.63, 3.8) is 0 Å². The second-order valence-corrected chi connectivity index (χ2v) is 4.55. The van der Waals surface area contributed by atoms with Gasteiger partial charge in [0.2, 0.25) is 5.91 Å². The molecule has 0 saturated carbocycles. The van der Waals surface area contributed by atoms with Crippen molar-refractivity contribution in [2.75, 3.05) is 13.6 Å². The highest BCUT2D eigenvalue weighted by molar-refractivity contribution is 5.81. The number of benzene rings is 1. The summed E-state index contributed by atoms with van der Waals surface area (Å²) in [6.07, 6.45) is -4.43. The van der Waals surface area contributed by atoms with Gasteiger partial charge in [0.15, 0.2) is 0 Å². The Morgan fingerprint density at radius 1 is 1.40 bits per heavy atom. The smallest absolute Gasteiger partial charge is 0.346 e. The molecule has 3 nitrogen and oxygen atoms in total. The molecule has 0 aliphatic rings. The highest BCUT2D eigenvalue weighted by Crippen LogP contribution is 2.13. The lowest BCUT2D eigenvalue weighted by molar-refractivity contribution is -0.141. The van der Waals surface area contributed by atoms with Crippen molar-refractivity contribution < 1.29 is 22.4 Å². The van der Waals surface area contributed by atoms with Crippen LogP contribution in [0.4, 0.5) is 17.6 Å². The van der Waals surface area contributed by atoms with Crippen molar-refractivity contribution >= 4 is 5.91 Å². The van der Waals surface area contributed by atoms with Gasteiger partial charge < -0.3 is 5.32 Å². The number of rotatable bonds is 5. The number of alkyl halides is 3. The molecule has 0 fully saturated rings. The van der Waals surface area contributed by atoms with Crippen molar-refractivity contribution in [2.45, 2.75) is 25.7 Å². The summed E-state index contributed by atoms with van der Waals surface area (Å²) in [7, 11) is 1.59. The van der Waals surface area contributed by atoms with E-state index >= 15 is 0 Å². The molecule has 20 heavy (non-hydrogen) atoms. The second-order valence-electron chi connectivity index (χ2n) is 4.55. The van der Waals surface area contributed by atoms with Crippen LogP contribution in [0.5, 0.6) is 0 Å². The fourth-order valence-electron chi connectivity index (χ4n) is 1.60. The van der Waals surface area contributed by atoms with Gasteiger partial charge in [0.1, 0.15) is 12.4 Å². The normalized spacial score (nSPS) is 13.3. The van der Waals surface area contributed by atoms with Crippen LogP contribution in [0.25, 0.3) is 0 Å².